The highest BCUT2D eigenvalue weighted by atomic mass is 16.5. The van der Waals surface area contributed by atoms with Crippen molar-refractivity contribution in [3.05, 3.63) is 18.2 Å². The van der Waals surface area contributed by atoms with E-state index in [0.29, 0.717) is 106 Å². The smallest absolute Gasteiger partial charge is 0.176 e. The van der Waals surface area contributed by atoms with Crippen LogP contribution < -0.4 is 16.4 Å². The molecular weight excluding hydrogens is 741 g/mol. The van der Waals surface area contributed by atoms with Crippen molar-refractivity contribution < 1.29 is 29.6 Å². The predicted molar refractivity (Wildman–Crippen MR) is 230 cm³/mol. The standard InChI is InChI=1S/C49H75N4O6/c1-59-44-23-35-7-11-45(57)49(17-12-31(21-46(49)58)27-48(15-2-3-16-48)38-22-36-6-10-40(55)25-42(36)52-30-38)18-13-33(41(35)26-43(44)56)4-8-39(54)9-5-34-24-47(50)53-29-37(34)20-32-14-19-51-28-32/h14,19,28,31,33-39,41-44,46-47,52-54,56,58H,2-12,15-17,20-27,29-30,50H2,1H3/q+1. The van der Waals surface area contributed by atoms with Gasteiger partial charge in [0.2, 0.25) is 0 Å². The molecule has 3 heterocycles. The third-order valence-corrected chi connectivity index (χ3v) is 17.5. The molecule has 10 nitrogen and oxygen atoms in total. The summed E-state index contributed by atoms with van der Waals surface area (Å²) in [7, 11) is 1.66. The highest BCUT2D eigenvalue weighted by Gasteiger charge is 2.52. The van der Waals surface area contributed by atoms with Crippen LogP contribution in [0, 0.1) is 76.6 Å². The second kappa shape index (κ2) is 19.1. The van der Waals surface area contributed by atoms with Crippen LogP contribution in [0.3, 0.4) is 0 Å². The number of fused-ring (bicyclic) bond motifs is 2. The van der Waals surface area contributed by atoms with Crippen LogP contribution in [-0.2, 0) is 14.3 Å². The largest absolute Gasteiger partial charge is 0.393 e. The van der Waals surface area contributed by atoms with E-state index < -0.39 is 23.7 Å². The van der Waals surface area contributed by atoms with E-state index in [4.69, 9.17) is 10.5 Å². The lowest BCUT2D eigenvalue weighted by Gasteiger charge is -2.49. The molecule has 8 aliphatic rings. The molecule has 2 saturated heterocycles. The van der Waals surface area contributed by atoms with Gasteiger partial charge in [-0.25, -0.2) is 0 Å². The number of aliphatic imine (C=N–C) groups is 1. The van der Waals surface area contributed by atoms with Crippen molar-refractivity contribution in [2.45, 2.75) is 178 Å². The fourth-order valence-electron chi connectivity index (χ4n) is 14.0. The molecule has 10 heteroatoms. The first kappa shape index (κ1) is 43.5. The number of Topliss-reactive ketones (excluding diaryl/α,β-unsaturated/α-hetero) is 2. The summed E-state index contributed by atoms with van der Waals surface area (Å²) in [4.78, 5) is 30.9. The van der Waals surface area contributed by atoms with Crippen molar-refractivity contribution in [3.63, 3.8) is 0 Å². The summed E-state index contributed by atoms with van der Waals surface area (Å²) in [6.07, 6.45) is 21.0. The van der Waals surface area contributed by atoms with Crippen LogP contribution in [0.1, 0.15) is 141 Å². The summed E-state index contributed by atoms with van der Waals surface area (Å²) in [5.74, 6) is 10.3. The molecule has 326 valence electrons. The number of allylic oxidation sites excluding steroid dienone is 1. The van der Waals surface area contributed by atoms with Crippen LogP contribution in [0.15, 0.2) is 16.6 Å². The first-order chi connectivity index (χ1) is 28.5. The maximum absolute atomic E-state index is 14.4. The van der Waals surface area contributed by atoms with Crippen molar-refractivity contribution in [1.29, 1.82) is 0 Å². The Balaban J connectivity index is 0.943. The summed E-state index contributed by atoms with van der Waals surface area (Å²) in [6.45, 7) is 3.72. The summed E-state index contributed by atoms with van der Waals surface area (Å²) in [5.41, 5.74) is 6.82. The Morgan fingerprint density at radius 2 is 1.78 bits per heavy atom. The van der Waals surface area contributed by atoms with E-state index in [1.54, 1.807) is 7.11 Å². The third kappa shape index (κ3) is 9.77. The van der Waals surface area contributed by atoms with E-state index in [1.165, 1.54) is 37.7 Å². The molecule has 0 bridgehead atoms. The van der Waals surface area contributed by atoms with Gasteiger partial charge in [0.25, 0.3) is 0 Å². The van der Waals surface area contributed by atoms with Crippen LogP contribution in [0.5, 0.6) is 0 Å². The molecule has 0 amide bonds. The number of aliphatic hydroxyl groups excluding tert-OH is 3. The van der Waals surface area contributed by atoms with Crippen LogP contribution >= 0.6 is 0 Å². The molecule has 8 rings (SSSR count). The van der Waals surface area contributed by atoms with Crippen molar-refractivity contribution >= 4 is 17.8 Å². The number of carbonyl (C=O) groups is 2. The number of ether oxygens (including phenoxy) is 1. The lowest BCUT2D eigenvalue weighted by atomic mass is 9.58. The SMILES string of the molecule is COC1CC2CCC(=O)C3(C#CC(CCC(O)CCC4CC(N)NCC4CC4=C[CH+]N=C4)C2CC1O)CCC(CC1(C2CNC4CC(=O)CCC4C2)CCCC1)CC3O. The monoisotopic (exact) mass is 816 g/mol. The Hall–Kier alpha value is -2.10. The van der Waals surface area contributed by atoms with Crippen molar-refractivity contribution in [2.75, 3.05) is 20.2 Å². The van der Waals surface area contributed by atoms with E-state index in [0.717, 1.165) is 58.0 Å². The first-order valence-corrected chi connectivity index (χ1v) is 24.0. The highest BCUT2D eigenvalue weighted by Crippen LogP contribution is 2.55. The van der Waals surface area contributed by atoms with E-state index in [-0.39, 0.29) is 41.2 Å². The minimum Gasteiger partial charge on any atom is -0.393 e. The predicted octanol–water partition coefficient (Wildman–Crippen LogP) is 5.81. The molecule has 59 heavy (non-hydrogen) atoms. The number of hydrogen-bond acceptors (Lipinski definition) is 10. The van der Waals surface area contributed by atoms with Gasteiger partial charge in [-0.2, -0.15) is 0 Å². The Kier molecular flexibility index (Phi) is 14.1. The molecule has 15 atom stereocenters. The quantitative estimate of drug-likeness (QED) is 0.105. The Labute approximate surface area is 354 Å². The molecule has 4 saturated carbocycles. The molecule has 3 aliphatic heterocycles. The minimum atomic E-state index is -1.06. The number of nitrogens with zero attached hydrogens (tertiary/aromatic N) is 1. The van der Waals surface area contributed by atoms with Crippen molar-refractivity contribution in [2.24, 2.45) is 68.9 Å². The topological polar surface area (TPSA) is 166 Å². The van der Waals surface area contributed by atoms with Gasteiger partial charge in [-0.1, -0.05) is 24.7 Å². The lowest BCUT2D eigenvalue weighted by Crippen LogP contribution is -2.53. The van der Waals surface area contributed by atoms with Crippen LogP contribution in [0.2, 0.25) is 0 Å². The fraction of sp³-hybridized carbons (Fsp3) is 0.837. The molecule has 5 aliphatic carbocycles. The summed E-state index contributed by atoms with van der Waals surface area (Å²) in [6, 6.07) is 0.348. The molecule has 15 unspecified atom stereocenters. The summed E-state index contributed by atoms with van der Waals surface area (Å²) in [5, 5.41) is 42.2. The van der Waals surface area contributed by atoms with E-state index in [1.807, 2.05) is 12.8 Å². The maximum atomic E-state index is 14.4. The molecule has 7 N–H and O–H groups in total. The Bertz CT molecular complexity index is 1600. The molecule has 0 aromatic carbocycles. The molecule has 0 aromatic rings. The van der Waals surface area contributed by atoms with E-state index in [9.17, 15) is 24.9 Å². The van der Waals surface area contributed by atoms with Crippen molar-refractivity contribution in [1.82, 2.24) is 10.6 Å². The minimum absolute atomic E-state index is 0.0252. The maximum Gasteiger partial charge on any atom is 0.176 e. The van der Waals surface area contributed by atoms with Gasteiger partial charge in [0.05, 0.1) is 36.7 Å². The van der Waals surface area contributed by atoms with Gasteiger partial charge in [-0.15, -0.1) is 4.99 Å². The normalized spacial score (nSPS) is 42.7. The van der Waals surface area contributed by atoms with Crippen LogP contribution in [0.25, 0.3) is 0 Å². The van der Waals surface area contributed by atoms with E-state index >= 15 is 0 Å². The number of rotatable bonds is 12. The Morgan fingerprint density at radius 3 is 2.56 bits per heavy atom. The number of methoxy groups -OCH3 is 1. The van der Waals surface area contributed by atoms with Gasteiger partial charge in [-0.05, 0) is 156 Å². The van der Waals surface area contributed by atoms with Gasteiger partial charge >= 0.3 is 0 Å². The van der Waals surface area contributed by atoms with Gasteiger partial charge < -0.3 is 36.4 Å². The number of ketones is 2. The van der Waals surface area contributed by atoms with Crippen molar-refractivity contribution in [3.8, 4) is 11.8 Å². The second-order valence-corrected chi connectivity index (χ2v) is 20.9. The number of piperidine rings is 2. The number of nitrogens with one attached hydrogen (secondary N) is 2. The molecule has 0 aromatic heterocycles. The summed E-state index contributed by atoms with van der Waals surface area (Å²) >= 11 is 0. The van der Waals surface area contributed by atoms with Gasteiger partial charge in [-0.3, -0.25) is 9.59 Å². The number of nitrogens with two attached hydrogens (primary N) is 1. The average Bonchev–Trinajstić information content (AvgIpc) is 3.94. The number of hydrogen-bond donors (Lipinski definition) is 6. The average molecular weight is 816 g/mol. The lowest BCUT2D eigenvalue weighted by molar-refractivity contribution is -0.136. The van der Waals surface area contributed by atoms with Gasteiger partial charge in [0.15, 0.2) is 12.0 Å². The fourth-order valence-corrected chi connectivity index (χ4v) is 14.0. The first-order valence-electron chi connectivity index (χ1n) is 24.0. The van der Waals surface area contributed by atoms with Gasteiger partial charge in [0, 0.05) is 51.3 Å². The zero-order chi connectivity index (χ0) is 41.1. The number of aliphatic hydroxyl groups is 3. The highest BCUT2D eigenvalue weighted by molar-refractivity contribution is 5.89. The summed E-state index contributed by atoms with van der Waals surface area (Å²) < 4.78 is 5.74. The molecule has 1 spiro atoms. The number of carbonyl (C=O) groups excluding carboxylic acids is 2. The molecular formula is C49H75N4O6+. The van der Waals surface area contributed by atoms with E-state index in [2.05, 4.69) is 33.5 Å². The molecule has 6 fully saturated rings. The Morgan fingerprint density at radius 1 is 0.966 bits per heavy atom. The van der Waals surface area contributed by atoms with Crippen LogP contribution in [0.4, 0.5) is 0 Å². The zero-order valence-corrected chi connectivity index (χ0v) is 35.9. The zero-order valence-electron chi connectivity index (χ0n) is 35.9. The van der Waals surface area contributed by atoms with Gasteiger partial charge in [0.1, 0.15) is 23.3 Å². The molecule has 0 radical (unpaired) electrons. The van der Waals surface area contributed by atoms with Crippen LogP contribution in [-0.4, -0.2) is 89.9 Å². The third-order valence-electron chi connectivity index (χ3n) is 17.5. The second-order valence-electron chi connectivity index (χ2n) is 20.9.